The Morgan fingerprint density at radius 2 is 2.24 bits per heavy atom. The number of pyridine rings is 1. The van der Waals surface area contributed by atoms with Gasteiger partial charge in [-0.3, -0.25) is 4.79 Å². The summed E-state index contributed by atoms with van der Waals surface area (Å²) in [5.74, 6) is 0.734. The molecule has 0 spiro atoms. The van der Waals surface area contributed by atoms with Crippen LogP contribution >= 0.6 is 11.8 Å². The van der Waals surface area contributed by atoms with Crippen LogP contribution in [0.5, 0.6) is 0 Å². The van der Waals surface area contributed by atoms with E-state index in [2.05, 4.69) is 29.4 Å². The Kier molecular flexibility index (Phi) is 6.06. The number of carbonyl (C=O) groups is 1. The van der Waals surface area contributed by atoms with Crippen LogP contribution < -0.4 is 5.32 Å². The summed E-state index contributed by atoms with van der Waals surface area (Å²) in [4.78, 5) is 16.5. The molecular formula is C16H24N2O2S. The number of esters is 1. The van der Waals surface area contributed by atoms with E-state index in [1.165, 1.54) is 18.4 Å². The lowest BCUT2D eigenvalue weighted by molar-refractivity contribution is -0.145. The van der Waals surface area contributed by atoms with Crippen LogP contribution in [0.4, 0.5) is 0 Å². The molecule has 2 rings (SSSR count). The van der Waals surface area contributed by atoms with Gasteiger partial charge in [0, 0.05) is 17.5 Å². The third-order valence-electron chi connectivity index (χ3n) is 3.32. The van der Waals surface area contributed by atoms with Crippen molar-refractivity contribution in [3.8, 4) is 0 Å². The van der Waals surface area contributed by atoms with E-state index < -0.39 is 0 Å². The maximum absolute atomic E-state index is 11.9. The molecule has 0 radical (unpaired) electrons. The number of hydrogen-bond donors (Lipinski definition) is 1. The summed E-state index contributed by atoms with van der Waals surface area (Å²) < 4.78 is 5.15. The fraction of sp³-hybridized carbons (Fsp3) is 0.625. The first-order valence-electron chi connectivity index (χ1n) is 7.59. The molecule has 1 heterocycles. The number of aromatic nitrogens is 1. The van der Waals surface area contributed by atoms with Crippen molar-refractivity contribution in [2.75, 3.05) is 12.4 Å². The number of hydrogen-bond acceptors (Lipinski definition) is 5. The summed E-state index contributed by atoms with van der Waals surface area (Å²) >= 11 is 1.70. The van der Waals surface area contributed by atoms with E-state index in [9.17, 15) is 4.79 Å². The van der Waals surface area contributed by atoms with Crippen molar-refractivity contribution >= 4 is 17.7 Å². The van der Waals surface area contributed by atoms with Gasteiger partial charge in [-0.2, -0.15) is 0 Å². The lowest BCUT2D eigenvalue weighted by Gasteiger charge is -2.16. The molecule has 0 bridgehead atoms. The fourth-order valence-electron chi connectivity index (χ4n) is 2.21. The Morgan fingerprint density at radius 3 is 2.86 bits per heavy atom. The molecule has 5 heteroatoms. The summed E-state index contributed by atoms with van der Waals surface area (Å²) in [6.45, 7) is 6.37. The normalized spacial score (nSPS) is 15.8. The number of nitrogens with zero attached hydrogens (tertiary/aromatic N) is 1. The standard InChI is InChI=1S/C16H24N2O2S/c1-4-20-16(19)14(18-13-5-6-13)7-8-21-15-10-11(2)9-12(3)17-15/h9-10,13-14,18H,4-8H2,1-3H3. The number of thioether (sulfide) groups is 1. The van der Waals surface area contributed by atoms with E-state index >= 15 is 0 Å². The smallest absolute Gasteiger partial charge is 0.323 e. The number of ether oxygens (including phenoxy) is 1. The highest BCUT2D eigenvalue weighted by Crippen LogP contribution is 2.22. The minimum atomic E-state index is -0.184. The van der Waals surface area contributed by atoms with Crippen LogP contribution in [-0.4, -0.2) is 35.4 Å². The molecule has 4 nitrogen and oxygen atoms in total. The predicted molar refractivity (Wildman–Crippen MR) is 85.6 cm³/mol. The summed E-state index contributed by atoms with van der Waals surface area (Å²) in [5, 5.41) is 4.41. The van der Waals surface area contributed by atoms with Gasteiger partial charge in [-0.1, -0.05) is 0 Å². The van der Waals surface area contributed by atoms with Crippen molar-refractivity contribution in [3.05, 3.63) is 23.4 Å². The number of aryl methyl sites for hydroxylation is 2. The third-order valence-corrected chi connectivity index (χ3v) is 4.26. The van der Waals surface area contributed by atoms with Crippen LogP contribution in [0.1, 0.15) is 37.4 Å². The minimum absolute atomic E-state index is 0.126. The van der Waals surface area contributed by atoms with E-state index in [-0.39, 0.29) is 12.0 Å². The van der Waals surface area contributed by atoms with E-state index in [4.69, 9.17) is 4.74 Å². The lowest BCUT2D eigenvalue weighted by atomic mass is 10.2. The van der Waals surface area contributed by atoms with Gasteiger partial charge >= 0.3 is 5.97 Å². The summed E-state index contributed by atoms with van der Waals surface area (Å²) in [5.41, 5.74) is 2.26. The quantitative estimate of drug-likeness (QED) is 0.591. The third kappa shape index (κ3) is 5.67. The van der Waals surface area contributed by atoms with Gasteiger partial charge in [0.1, 0.15) is 6.04 Å². The van der Waals surface area contributed by atoms with Crippen molar-refractivity contribution in [1.29, 1.82) is 0 Å². The van der Waals surface area contributed by atoms with E-state index in [0.29, 0.717) is 12.6 Å². The van der Waals surface area contributed by atoms with Crippen molar-refractivity contribution in [2.45, 2.75) is 57.1 Å². The molecule has 0 amide bonds. The van der Waals surface area contributed by atoms with E-state index in [0.717, 1.165) is 22.9 Å². The summed E-state index contributed by atoms with van der Waals surface area (Å²) in [7, 11) is 0. The molecule has 1 fully saturated rings. The molecule has 0 saturated heterocycles. The Balaban J connectivity index is 1.84. The second kappa shape index (κ2) is 7.80. The fourth-order valence-corrected chi connectivity index (χ4v) is 3.25. The molecule has 21 heavy (non-hydrogen) atoms. The summed E-state index contributed by atoms with van der Waals surface area (Å²) in [6.07, 6.45) is 3.11. The Morgan fingerprint density at radius 1 is 1.48 bits per heavy atom. The van der Waals surface area contributed by atoms with Crippen LogP contribution in [0, 0.1) is 13.8 Å². The molecule has 1 aliphatic rings. The average molecular weight is 308 g/mol. The monoisotopic (exact) mass is 308 g/mol. The molecule has 116 valence electrons. The molecule has 0 aliphatic heterocycles. The lowest BCUT2D eigenvalue weighted by Crippen LogP contribution is -2.39. The van der Waals surface area contributed by atoms with Gasteiger partial charge in [0.2, 0.25) is 0 Å². The Hall–Kier alpha value is -1.07. The number of rotatable bonds is 8. The first-order chi connectivity index (χ1) is 10.1. The molecule has 1 atom stereocenters. The molecule has 1 saturated carbocycles. The van der Waals surface area contributed by atoms with Crippen LogP contribution in [0.3, 0.4) is 0 Å². The van der Waals surface area contributed by atoms with Crippen LogP contribution in [0.25, 0.3) is 0 Å². The average Bonchev–Trinajstić information content (AvgIpc) is 3.20. The predicted octanol–water partition coefficient (Wildman–Crippen LogP) is 2.86. The second-order valence-corrected chi connectivity index (χ2v) is 6.62. The first kappa shape index (κ1) is 16.3. The zero-order valence-corrected chi connectivity index (χ0v) is 13.8. The van der Waals surface area contributed by atoms with Gasteiger partial charge in [0.25, 0.3) is 0 Å². The number of carbonyl (C=O) groups excluding carboxylic acids is 1. The van der Waals surface area contributed by atoms with Gasteiger partial charge in [-0.25, -0.2) is 4.98 Å². The van der Waals surface area contributed by atoms with Gasteiger partial charge in [-0.05, 0) is 57.7 Å². The minimum Gasteiger partial charge on any atom is -0.465 e. The highest BCUT2D eigenvalue weighted by atomic mass is 32.2. The highest BCUT2D eigenvalue weighted by molar-refractivity contribution is 7.99. The first-order valence-corrected chi connectivity index (χ1v) is 8.58. The van der Waals surface area contributed by atoms with E-state index in [1.807, 2.05) is 13.8 Å². The zero-order valence-electron chi connectivity index (χ0n) is 13.0. The van der Waals surface area contributed by atoms with Gasteiger partial charge < -0.3 is 10.1 Å². The van der Waals surface area contributed by atoms with Gasteiger partial charge in [0.05, 0.1) is 11.6 Å². The zero-order chi connectivity index (χ0) is 15.2. The molecule has 1 aromatic heterocycles. The molecule has 1 aliphatic carbocycles. The van der Waals surface area contributed by atoms with Crippen LogP contribution in [-0.2, 0) is 9.53 Å². The molecule has 1 aromatic rings. The Labute approximate surface area is 131 Å². The van der Waals surface area contributed by atoms with Crippen molar-refractivity contribution in [2.24, 2.45) is 0 Å². The van der Waals surface area contributed by atoms with Crippen molar-refractivity contribution in [3.63, 3.8) is 0 Å². The molecular weight excluding hydrogens is 284 g/mol. The Bertz CT molecular complexity index is 469. The van der Waals surface area contributed by atoms with Gasteiger partial charge in [0.15, 0.2) is 0 Å². The molecule has 1 N–H and O–H groups in total. The van der Waals surface area contributed by atoms with Crippen molar-refractivity contribution < 1.29 is 9.53 Å². The van der Waals surface area contributed by atoms with E-state index in [1.54, 1.807) is 11.8 Å². The van der Waals surface area contributed by atoms with Crippen LogP contribution in [0.2, 0.25) is 0 Å². The summed E-state index contributed by atoms with van der Waals surface area (Å²) in [6, 6.07) is 4.48. The highest BCUT2D eigenvalue weighted by Gasteiger charge is 2.28. The maximum Gasteiger partial charge on any atom is 0.323 e. The number of nitrogens with one attached hydrogen (secondary N) is 1. The van der Waals surface area contributed by atoms with Gasteiger partial charge in [-0.15, -0.1) is 11.8 Å². The molecule has 1 unspecified atom stereocenters. The maximum atomic E-state index is 11.9. The van der Waals surface area contributed by atoms with Crippen molar-refractivity contribution in [1.82, 2.24) is 10.3 Å². The topological polar surface area (TPSA) is 51.2 Å². The SMILES string of the molecule is CCOC(=O)C(CCSc1cc(C)cc(C)n1)NC1CC1. The van der Waals surface area contributed by atoms with Crippen LogP contribution in [0.15, 0.2) is 17.2 Å². The second-order valence-electron chi connectivity index (χ2n) is 5.51. The molecule has 0 aromatic carbocycles. The largest absolute Gasteiger partial charge is 0.465 e.